The van der Waals surface area contributed by atoms with Crippen molar-refractivity contribution >= 4 is 0 Å². The van der Waals surface area contributed by atoms with Crippen LogP contribution in [0.2, 0.25) is 0 Å². The van der Waals surface area contributed by atoms with E-state index in [1.807, 2.05) is 12.1 Å². The van der Waals surface area contributed by atoms with Crippen molar-refractivity contribution in [3.63, 3.8) is 0 Å². The molecule has 1 saturated carbocycles. The van der Waals surface area contributed by atoms with Gasteiger partial charge in [-0.1, -0.05) is 39.0 Å². The fraction of sp³-hybridized carbons (Fsp3) is 0.667. The van der Waals surface area contributed by atoms with E-state index in [1.54, 1.807) is 7.11 Å². The zero-order valence-corrected chi connectivity index (χ0v) is 14.1. The third-order valence-electron chi connectivity index (χ3n) is 4.91. The molecule has 2 rings (SSSR count). The van der Waals surface area contributed by atoms with Crippen molar-refractivity contribution in [2.45, 2.75) is 52.2 Å². The molecular weight excluding hydrogens is 260 g/mol. The number of nitrogens with zero attached hydrogens (tertiary/aromatic N) is 1. The van der Waals surface area contributed by atoms with Crippen molar-refractivity contribution < 1.29 is 4.74 Å². The van der Waals surface area contributed by atoms with Crippen molar-refractivity contribution in [1.82, 2.24) is 10.2 Å². The number of methoxy groups -OCH3 is 1. The summed E-state index contributed by atoms with van der Waals surface area (Å²) in [5.41, 5.74) is 1.64. The third-order valence-corrected chi connectivity index (χ3v) is 4.91. The van der Waals surface area contributed by atoms with E-state index in [2.05, 4.69) is 50.2 Å². The van der Waals surface area contributed by atoms with Gasteiger partial charge in [-0.15, -0.1) is 0 Å². The van der Waals surface area contributed by atoms with Crippen LogP contribution in [0.1, 0.15) is 39.2 Å². The number of nitrogens with one attached hydrogen (secondary N) is 1. The second-order valence-electron chi connectivity index (χ2n) is 6.86. The van der Waals surface area contributed by atoms with Crippen molar-refractivity contribution in [3.05, 3.63) is 29.8 Å². The van der Waals surface area contributed by atoms with E-state index in [0.29, 0.717) is 17.5 Å². The first kappa shape index (κ1) is 16.3. The van der Waals surface area contributed by atoms with Gasteiger partial charge in [-0.05, 0) is 37.9 Å². The molecule has 3 nitrogen and oxygen atoms in total. The van der Waals surface area contributed by atoms with E-state index in [4.69, 9.17) is 4.74 Å². The molecule has 0 amide bonds. The number of ether oxygens (including phenoxy) is 1. The maximum Gasteiger partial charge on any atom is 0.123 e. The number of para-hydroxylation sites is 1. The minimum Gasteiger partial charge on any atom is -0.496 e. The average Bonchev–Trinajstić information content (AvgIpc) is 2.75. The quantitative estimate of drug-likeness (QED) is 0.870. The van der Waals surface area contributed by atoms with Crippen LogP contribution >= 0.6 is 0 Å². The van der Waals surface area contributed by atoms with E-state index >= 15 is 0 Å². The highest BCUT2D eigenvalue weighted by molar-refractivity contribution is 5.33. The van der Waals surface area contributed by atoms with Crippen LogP contribution in [0, 0.1) is 5.41 Å². The van der Waals surface area contributed by atoms with Crippen LogP contribution in [-0.2, 0) is 6.54 Å². The van der Waals surface area contributed by atoms with Crippen LogP contribution in [0.15, 0.2) is 24.3 Å². The summed E-state index contributed by atoms with van der Waals surface area (Å²) < 4.78 is 5.48. The Labute approximate surface area is 129 Å². The van der Waals surface area contributed by atoms with Gasteiger partial charge in [-0.3, -0.25) is 4.90 Å². The topological polar surface area (TPSA) is 24.5 Å². The maximum absolute atomic E-state index is 5.48. The van der Waals surface area contributed by atoms with Gasteiger partial charge < -0.3 is 10.1 Å². The van der Waals surface area contributed by atoms with E-state index in [9.17, 15) is 0 Å². The molecule has 0 saturated heterocycles. The molecule has 21 heavy (non-hydrogen) atoms. The van der Waals surface area contributed by atoms with Crippen LogP contribution in [-0.4, -0.2) is 37.7 Å². The normalized spacial score (nSPS) is 24.5. The van der Waals surface area contributed by atoms with E-state index in [1.165, 1.54) is 18.4 Å². The van der Waals surface area contributed by atoms with Crippen LogP contribution in [0.5, 0.6) is 5.75 Å². The van der Waals surface area contributed by atoms with Crippen molar-refractivity contribution in [2.24, 2.45) is 5.41 Å². The molecule has 1 N–H and O–H groups in total. The first-order chi connectivity index (χ1) is 9.99. The SMILES string of the molecule is CCNC1C(N(C)Cc2ccccc2OC)CCC1(C)C. The molecule has 1 fully saturated rings. The van der Waals surface area contributed by atoms with Gasteiger partial charge in [0.05, 0.1) is 7.11 Å². The number of likely N-dealkylation sites (N-methyl/N-ethyl adjacent to an activating group) is 2. The van der Waals surface area contributed by atoms with Gasteiger partial charge in [-0.2, -0.15) is 0 Å². The molecule has 2 unspecified atom stereocenters. The highest BCUT2D eigenvalue weighted by Gasteiger charge is 2.42. The lowest BCUT2D eigenvalue weighted by Crippen LogP contribution is -2.50. The molecule has 2 atom stereocenters. The summed E-state index contributed by atoms with van der Waals surface area (Å²) in [6, 6.07) is 9.47. The molecule has 0 radical (unpaired) electrons. The summed E-state index contributed by atoms with van der Waals surface area (Å²) in [5.74, 6) is 0.988. The zero-order valence-electron chi connectivity index (χ0n) is 14.1. The van der Waals surface area contributed by atoms with Crippen LogP contribution < -0.4 is 10.1 Å². The van der Waals surface area contributed by atoms with Gasteiger partial charge in [0.2, 0.25) is 0 Å². The van der Waals surface area contributed by atoms with Gasteiger partial charge in [0.1, 0.15) is 5.75 Å². The second-order valence-corrected chi connectivity index (χ2v) is 6.86. The molecule has 0 bridgehead atoms. The molecule has 0 aliphatic heterocycles. The monoisotopic (exact) mass is 290 g/mol. The lowest BCUT2D eigenvalue weighted by atomic mass is 9.86. The minimum absolute atomic E-state index is 0.371. The highest BCUT2D eigenvalue weighted by atomic mass is 16.5. The molecule has 1 aliphatic rings. The van der Waals surface area contributed by atoms with E-state index < -0.39 is 0 Å². The highest BCUT2D eigenvalue weighted by Crippen LogP contribution is 2.40. The smallest absolute Gasteiger partial charge is 0.123 e. The van der Waals surface area contributed by atoms with Crippen molar-refractivity contribution in [3.8, 4) is 5.75 Å². The Balaban J connectivity index is 2.10. The van der Waals surface area contributed by atoms with Gasteiger partial charge in [0.15, 0.2) is 0 Å². The molecule has 1 aliphatic carbocycles. The van der Waals surface area contributed by atoms with E-state index in [-0.39, 0.29) is 0 Å². The molecule has 118 valence electrons. The fourth-order valence-electron chi connectivity index (χ4n) is 3.69. The Hall–Kier alpha value is -1.06. The molecular formula is C18H30N2O. The lowest BCUT2D eigenvalue weighted by molar-refractivity contribution is 0.165. The summed E-state index contributed by atoms with van der Waals surface area (Å²) in [5, 5.41) is 3.71. The maximum atomic E-state index is 5.48. The van der Waals surface area contributed by atoms with E-state index in [0.717, 1.165) is 18.8 Å². The van der Waals surface area contributed by atoms with Gasteiger partial charge in [0, 0.05) is 24.2 Å². The summed E-state index contributed by atoms with van der Waals surface area (Å²) in [6.07, 6.45) is 2.54. The van der Waals surface area contributed by atoms with Gasteiger partial charge >= 0.3 is 0 Å². The Morgan fingerprint density at radius 1 is 1.33 bits per heavy atom. The Morgan fingerprint density at radius 2 is 2.05 bits per heavy atom. The Bertz CT molecular complexity index is 458. The van der Waals surface area contributed by atoms with Crippen LogP contribution in [0.25, 0.3) is 0 Å². The fourth-order valence-corrected chi connectivity index (χ4v) is 3.69. The molecule has 3 heteroatoms. The number of rotatable bonds is 6. The standard InChI is InChI=1S/C18H30N2O/c1-6-19-17-15(11-12-18(17,2)3)20(4)13-14-9-7-8-10-16(14)21-5/h7-10,15,17,19H,6,11-13H2,1-5H3. The van der Waals surface area contributed by atoms with Crippen LogP contribution in [0.4, 0.5) is 0 Å². The summed E-state index contributed by atoms with van der Waals surface area (Å²) in [4.78, 5) is 2.49. The predicted molar refractivity (Wildman–Crippen MR) is 88.7 cm³/mol. The summed E-state index contributed by atoms with van der Waals surface area (Å²) >= 11 is 0. The van der Waals surface area contributed by atoms with Crippen LogP contribution in [0.3, 0.4) is 0 Å². The van der Waals surface area contributed by atoms with Crippen molar-refractivity contribution in [2.75, 3.05) is 20.7 Å². The molecule has 0 aromatic heterocycles. The zero-order chi connectivity index (χ0) is 15.5. The number of hydrogen-bond donors (Lipinski definition) is 1. The number of hydrogen-bond acceptors (Lipinski definition) is 3. The summed E-state index contributed by atoms with van der Waals surface area (Å²) in [6.45, 7) is 8.94. The second kappa shape index (κ2) is 6.80. The predicted octanol–water partition coefficient (Wildman–Crippen LogP) is 3.29. The molecule has 0 heterocycles. The molecule has 0 spiro atoms. The molecule has 1 aromatic rings. The summed E-state index contributed by atoms with van der Waals surface area (Å²) in [7, 11) is 3.99. The lowest BCUT2D eigenvalue weighted by Gasteiger charge is -2.36. The average molecular weight is 290 g/mol. The Morgan fingerprint density at radius 3 is 2.71 bits per heavy atom. The largest absolute Gasteiger partial charge is 0.496 e. The van der Waals surface area contributed by atoms with Gasteiger partial charge in [-0.25, -0.2) is 0 Å². The minimum atomic E-state index is 0.371. The first-order valence-corrected chi connectivity index (χ1v) is 8.05. The Kier molecular flexibility index (Phi) is 5.28. The number of benzene rings is 1. The van der Waals surface area contributed by atoms with Gasteiger partial charge in [0.25, 0.3) is 0 Å². The third kappa shape index (κ3) is 3.58. The first-order valence-electron chi connectivity index (χ1n) is 8.05. The molecule has 1 aromatic carbocycles. The van der Waals surface area contributed by atoms with Crippen molar-refractivity contribution in [1.29, 1.82) is 0 Å².